The standard InChI is InChI=1S/C15H22BrFN2/c1-11(2)9-15(19-7-5-18-6-8-19)12-3-4-13(16)14(17)10-12/h3-4,10-11,15,18H,5-9H2,1-2H3/t15-/m1/s1. The molecule has 1 saturated heterocycles. The molecule has 19 heavy (non-hydrogen) atoms. The minimum Gasteiger partial charge on any atom is -0.314 e. The number of benzene rings is 1. The summed E-state index contributed by atoms with van der Waals surface area (Å²) in [6.07, 6.45) is 1.07. The maximum atomic E-state index is 13.8. The molecule has 1 fully saturated rings. The van der Waals surface area contributed by atoms with Crippen LogP contribution in [0.3, 0.4) is 0 Å². The van der Waals surface area contributed by atoms with Gasteiger partial charge in [0.1, 0.15) is 5.82 Å². The molecule has 1 aromatic carbocycles. The van der Waals surface area contributed by atoms with Crippen molar-refractivity contribution in [2.75, 3.05) is 26.2 Å². The lowest BCUT2D eigenvalue weighted by molar-refractivity contribution is 0.154. The molecule has 2 nitrogen and oxygen atoms in total. The summed E-state index contributed by atoms with van der Waals surface area (Å²) in [6.45, 7) is 8.57. The number of nitrogens with zero attached hydrogens (tertiary/aromatic N) is 1. The van der Waals surface area contributed by atoms with E-state index in [1.807, 2.05) is 12.1 Å². The molecule has 0 aromatic heterocycles. The van der Waals surface area contributed by atoms with Gasteiger partial charge in [-0.15, -0.1) is 0 Å². The van der Waals surface area contributed by atoms with Gasteiger partial charge in [0.2, 0.25) is 0 Å². The predicted molar refractivity (Wildman–Crippen MR) is 80.7 cm³/mol. The lowest BCUT2D eigenvalue weighted by atomic mass is 9.95. The van der Waals surface area contributed by atoms with Crippen molar-refractivity contribution >= 4 is 15.9 Å². The highest BCUT2D eigenvalue weighted by molar-refractivity contribution is 9.10. The van der Waals surface area contributed by atoms with Crippen molar-refractivity contribution in [3.8, 4) is 0 Å². The Morgan fingerprint density at radius 1 is 1.32 bits per heavy atom. The van der Waals surface area contributed by atoms with E-state index in [-0.39, 0.29) is 5.82 Å². The van der Waals surface area contributed by atoms with E-state index in [1.54, 1.807) is 6.07 Å². The van der Waals surface area contributed by atoms with Crippen LogP contribution in [0.25, 0.3) is 0 Å². The van der Waals surface area contributed by atoms with Gasteiger partial charge in [-0.25, -0.2) is 4.39 Å². The molecular weight excluding hydrogens is 307 g/mol. The van der Waals surface area contributed by atoms with Crippen molar-refractivity contribution in [3.63, 3.8) is 0 Å². The fourth-order valence-electron chi connectivity index (χ4n) is 2.66. The van der Waals surface area contributed by atoms with Crippen LogP contribution in [-0.2, 0) is 0 Å². The molecule has 4 heteroatoms. The molecule has 1 aromatic rings. The van der Waals surface area contributed by atoms with Gasteiger partial charge in [0.25, 0.3) is 0 Å². The van der Waals surface area contributed by atoms with E-state index in [1.165, 1.54) is 0 Å². The van der Waals surface area contributed by atoms with Crippen LogP contribution in [-0.4, -0.2) is 31.1 Å². The summed E-state index contributed by atoms with van der Waals surface area (Å²) in [4.78, 5) is 2.47. The average molecular weight is 329 g/mol. The van der Waals surface area contributed by atoms with Crippen molar-refractivity contribution in [2.24, 2.45) is 5.92 Å². The van der Waals surface area contributed by atoms with Crippen molar-refractivity contribution in [2.45, 2.75) is 26.3 Å². The summed E-state index contributed by atoms with van der Waals surface area (Å²) in [6, 6.07) is 5.87. The molecule has 0 aliphatic carbocycles. The predicted octanol–water partition coefficient (Wildman–Crippen LogP) is 3.58. The van der Waals surface area contributed by atoms with E-state index in [0.29, 0.717) is 16.4 Å². The molecular formula is C15H22BrFN2. The number of nitrogens with one attached hydrogen (secondary N) is 1. The summed E-state index contributed by atoms with van der Waals surface area (Å²) in [5, 5.41) is 3.37. The molecule has 1 N–H and O–H groups in total. The van der Waals surface area contributed by atoms with Gasteiger partial charge in [-0.2, -0.15) is 0 Å². The van der Waals surface area contributed by atoms with Crippen LogP contribution in [0.5, 0.6) is 0 Å². The summed E-state index contributed by atoms with van der Waals surface area (Å²) in [5.41, 5.74) is 1.09. The minimum atomic E-state index is -0.165. The highest BCUT2D eigenvalue weighted by Gasteiger charge is 2.23. The summed E-state index contributed by atoms with van der Waals surface area (Å²) in [5.74, 6) is 0.438. The molecule has 1 aliphatic rings. The molecule has 1 heterocycles. The molecule has 2 rings (SSSR count). The van der Waals surface area contributed by atoms with Gasteiger partial charge in [0.15, 0.2) is 0 Å². The first-order valence-corrected chi connectivity index (χ1v) is 7.77. The van der Waals surface area contributed by atoms with Gasteiger partial charge in [0, 0.05) is 32.2 Å². The Kier molecular flexibility index (Phi) is 5.37. The Bertz CT molecular complexity index is 417. The highest BCUT2D eigenvalue weighted by Crippen LogP contribution is 2.30. The summed E-state index contributed by atoms with van der Waals surface area (Å²) in [7, 11) is 0. The number of halogens is 2. The average Bonchev–Trinajstić information content (AvgIpc) is 2.40. The third kappa shape index (κ3) is 4.01. The number of rotatable bonds is 4. The second kappa shape index (κ2) is 6.82. The zero-order chi connectivity index (χ0) is 13.8. The first-order chi connectivity index (χ1) is 9.08. The monoisotopic (exact) mass is 328 g/mol. The number of piperazine rings is 1. The highest BCUT2D eigenvalue weighted by atomic mass is 79.9. The van der Waals surface area contributed by atoms with E-state index in [4.69, 9.17) is 0 Å². The smallest absolute Gasteiger partial charge is 0.137 e. The second-order valence-electron chi connectivity index (χ2n) is 5.60. The van der Waals surface area contributed by atoms with E-state index in [0.717, 1.165) is 38.2 Å². The summed E-state index contributed by atoms with van der Waals surface area (Å²) >= 11 is 3.23. The quantitative estimate of drug-likeness (QED) is 0.908. The molecule has 1 atom stereocenters. The zero-order valence-corrected chi connectivity index (χ0v) is 13.2. The molecule has 106 valence electrons. The molecule has 0 amide bonds. The van der Waals surface area contributed by atoms with Crippen LogP contribution in [0.1, 0.15) is 31.9 Å². The fraction of sp³-hybridized carbons (Fsp3) is 0.600. The lowest BCUT2D eigenvalue weighted by Crippen LogP contribution is -2.45. The SMILES string of the molecule is CC(C)C[C@H](c1ccc(Br)c(F)c1)N1CCNCC1. The van der Waals surface area contributed by atoms with Crippen LogP contribution in [0.4, 0.5) is 4.39 Å². The van der Waals surface area contributed by atoms with Gasteiger partial charge >= 0.3 is 0 Å². The molecule has 0 spiro atoms. The molecule has 0 unspecified atom stereocenters. The van der Waals surface area contributed by atoms with Crippen molar-refractivity contribution < 1.29 is 4.39 Å². The van der Waals surface area contributed by atoms with Crippen molar-refractivity contribution in [1.82, 2.24) is 10.2 Å². The maximum Gasteiger partial charge on any atom is 0.137 e. The van der Waals surface area contributed by atoms with Gasteiger partial charge in [-0.05, 0) is 46.0 Å². The largest absolute Gasteiger partial charge is 0.314 e. The van der Waals surface area contributed by atoms with Gasteiger partial charge < -0.3 is 5.32 Å². The Morgan fingerprint density at radius 2 is 2.00 bits per heavy atom. The van der Waals surface area contributed by atoms with E-state index in [9.17, 15) is 4.39 Å². The molecule has 0 bridgehead atoms. The second-order valence-corrected chi connectivity index (χ2v) is 6.46. The number of hydrogen-bond donors (Lipinski definition) is 1. The van der Waals surface area contributed by atoms with E-state index in [2.05, 4.69) is 40.0 Å². The van der Waals surface area contributed by atoms with E-state index < -0.39 is 0 Å². The van der Waals surface area contributed by atoms with Crippen molar-refractivity contribution in [1.29, 1.82) is 0 Å². The Labute approximate surface area is 123 Å². The Balaban J connectivity index is 2.22. The minimum absolute atomic E-state index is 0.165. The topological polar surface area (TPSA) is 15.3 Å². The molecule has 1 aliphatic heterocycles. The summed E-state index contributed by atoms with van der Waals surface area (Å²) < 4.78 is 14.3. The van der Waals surface area contributed by atoms with Crippen LogP contribution < -0.4 is 5.32 Å². The first-order valence-electron chi connectivity index (χ1n) is 6.97. The number of hydrogen-bond acceptors (Lipinski definition) is 2. The van der Waals surface area contributed by atoms with Crippen LogP contribution in [0, 0.1) is 11.7 Å². The third-order valence-corrected chi connectivity index (χ3v) is 4.26. The maximum absolute atomic E-state index is 13.8. The van der Waals surface area contributed by atoms with Crippen LogP contribution >= 0.6 is 15.9 Å². The van der Waals surface area contributed by atoms with Crippen LogP contribution in [0.15, 0.2) is 22.7 Å². The Morgan fingerprint density at radius 3 is 2.58 bits per heavy atom. The van der Waals surface area contributed by atoms with Crippen LogP contribution in [0.2, 0.25) is 0 Å². The van der Waals surface area contributed by atoms with Gasteiger partial charge in [-0.3, -0.25) is 4.90 Å². The molecule has 0 radical (unpaired) electrons. The van der Waals surface area contributed by atoms with E-state index >= 15 is 0 Å². The first kappa shape index (κ1) is 14.9. The Hall–Kier alpha value is -0.450. The van der Waals surface area contributed by atoms with Gasteiger partial charge in [-0.1, -0.05) is 19.9 Å². The van der Waals surface area contributed by atoms with Crippen molar-refractivity contribution in [3.05, 3.63) is 34.1 Å². The third-order valence-electron chi connectivity index (χ3n) is 3.62. The van der Waals surface area contributed by atoms with Gasteiger partial charge in [0.05, 0.1) is 4.47 Å². The fourth-order valence-corrected chi connectivity index (χ4v) is 2.90. The normalized spacial score (nSPS) is 18.8. The lowest BCUT2D eigenvalue weighted by Gasteiger charge is -2.36. The molecule has 0 saturated carbocycles. The zero-order valence-electron chi connectivity index (χ0n) is 11.6.